The molecule has 2 heterocycles. The Labute approximate surface area is 140 Å². The van der Waals surface area contributed by atoms with Gasteiger partial charge in [-0.2, -0.15) is 0 Å². The first-order valence-electron chi connectivity index (χ1n) is 8.11. The Morgan fingerprint density at radius 1 is 1.12 bits per heavy atom. The minimum absolute atomic E-state index is 0.000706. The third-order valence-electron chi connectivity index (χ3n) is 4.54. The number of ether oxygens (including phenoxy) is 1. The topological polar surface area (TPSA) is 47.4 Å². The summed E-state index contributed by atoms with van der Waals surface area (Å²) in [6.45, 7) is 1.41. The number of aromatic nitrogens is 2. The molecule has 0 saturated heterocycles. The van der Waals surface area contributed by atoms with E-state index >= 15 is 0 Å². The van der Waals surface area contributed by atoms with Gasteiger partial charge in [0.05, 0.1) is 10.9 Å². The van der Waals surface area contributed by atoms with Crippen LogP contribution in [0.3, 0.4) is 0 Å². The SMILES string of the molecule is Cn1nc(OCC(=O)N2CCc3ccccc3C2)c2ccccc21. The van der Waals surface area contributed by atoms with Crippen molar-refractivity contribution in [3.8, 4) is 5.88 Å². The second-order valence-corrected chi connectivity index (χ2v) is 6.07. The maximum atomic E-state index is 12.5. The van der Waals surface area contributed by atoms with Gasteiger partial charge in [0.25, 0.3) is 5.91 Å². The minimum Gasteiger partial charge on any atom is -0.466 e. The normalized spacial score (nSPS) is 13.8. The fourth-order valence-corrected chi connectivity index (χ4v) is 3.22. The van der Waals surface area contributed by atoms with Crippen LogP contribution in [0.1, 0.15) is 11.1 Å². The molecule has 2 aromatic carbocycles. The molecule has 0 bridgehead atoms. The number of fused-ring (bicyclic) bond motifs is 2. The van der Waals surface area contributed by atoms with Crippen molar-refractivity contribution >= 4 is 16.8 Å². The molecule has 1 aromatic heterocycles. The average Bonchev–Trinajstić information content (AvgIpc) is 2.95. The molecule has 0 N–H and O–H groups in total. The number of benzene rings is 2. The van der Waals surface area contributed by atoms with Crippen LogP contribution in [-0.2, 0) is 24.8 Å². The second-order valence-electron chi connectivity index (χ2n) is 6.07. The summed E-state index contributed by atoms with van der Waals surface area (Å²) in [6.07, 6.45) is 0.897. The quantitative estimate of drug-likeness (QED) is 0.745. The number of amides is 1. The number of rotatable bonds is 3. The standard InChI is InChI=1S/C19H19N3O2/c1-21-17-9-5-4-8-16(17)19(20-21)24-13-18(23)22-11-10-14-6-2-3-7-15(14)12-22/h2-9H,10-13H2,1H3. The lowest BCUT2D eigenvalue weighted by Crippen LogP contribution is -2.38. The van der Waals surface area contributed by atoms with E-state index in [4.69, 9.17) is 4.74 Å². The number of aryl methyl sites for hydroxylation is 1. The van der Waals surface area contributed by atoms with Crippen LogP contribution in [0.15, 0.2) is 48.5 Å². The molecule has 5 nitrogen and oxygen atoms in total. The van der Waals surface area contributed by atoms with Gasteiger partial charge >= 0.3 is 0 Å². The highest BCUT2D eigenvalue weighted by Gasteiger charge is 2.21. The maximum absolute atomic E-state index is 12.5. The molecule has 0 aliphatic carbocycles. The van der Waals surface area contributed by atoms with Crippen LogP contribution in [0.25, 0.3) is 10.9 Å². The summed E-state index contributed by atoms with van der Waals surface area (Å²) in [7, 11) is 1.87. The van der Waals surface area contributed by atoms with E-state index in [1.54, 1.807) is 4.68 Å². The fourth-order valence-electron chi connectivity index (χ4n) is 3.22. The Bertz CT molecular complexity index is 901. The highest BCUT2D eigenvalue weighted by atomic mass is 16.5. The molecule has 0 unspecified atom stereocenters. The van der Waals surface area contributed by atoms with E-state index in [1.165, 1.54) is 11.1 Å². The van der Waals surface area contributed by atoms with Gasteiger partial charge in [0.2, 0.25) is 5.88 Å². The van der Waals surface area contributed by atoms with Gasteiger partial charge in [-0.05, 0) is 29.7 Å². The largest absolute Gasteiger partial charge is 0.466 e. The maximum Gasteiger partial charge on any atom is 0.260 e. The van der Waals surface area contributed by atoms with Gasteiger partial charge in [-0.1, -0.05) is 36.4 Å². The van der Waals surface area contributed by atoms with Crippen LogP contribution in [0, 0.1) is 0 Å². The van der Waals surface area contributed by atoms with Crippen LogP contribution in [-0.4, -0.2) is 33.7 Å². The summed E-state index contributed by atoms with van der Waals surface area (Å²) in [5.74, 6) is 0.512. The molecular weight excluding hydrogens is 302 g/mol. The lowest BCUT2D eigenvalue weighted by atomic mass is 10.00. The molecule has 0 atom stereocenters. The molecule has 0 fully saturated rings. The number of carbonyl (C=O) groups is 1. The number of para-hydroxylation sites is 1. The highest BCUT2D eigenvalue weighted by molar-refractivity contribution is 5.85. The summed E-state index contributed by atoms with van der Waals surface area (Å²) >= 11 is 0. The Morgan fingerprint density at radius 3 is 2.75 bits per heavy atom. The van der Waals surface area contributed by atoms with Crippen LogP contribution < -0.4 is 4.74 Å². The van der Waals surface area contributed by atoms with Crippen LogP contribution in [0.5, 0.6) is 5.88 Å². The van der Waals surface area contributed by atoms with E-state index in [9.17, 15) is 4.79 Å². The molecule has 1 amide bonds. The molecular formula is C19H19N3O2. The van der Waals surface area contributed by atoms with Crippen LogP contribution in [0.2, 0.25) is 0 Å². The van der Waals surface area contributed by atoms with Crippen LogP contribution in [0.4, 0.5) is 0 Å². The van der Waals surface area contributed by atoms with Gasteiger partial charge in [0.1, 0.15) is 0 Å². The second kappa shape index (κ2) is 6.00. The summed E-state index contributed by atoms with van der Waals surface area (Å²) < 4.78 is 7.49. The number of nitrogens with zero attached hydrogens (tertiary/aromatic N) is 3. The molecule has 0 saturated carbocycles. The predicted molar refractivity (Wildman–Crippen MR) is 91.8 cm³/mol. The van der Waals surface area contributed by atoms with Crippen molar-refractivity contribution in [3.63, 3.8) is 0 Å². The molecule has 122 valence electrons. The predicted octanol–water partition coefficient (Wildman–Crippen LogP) is 2.54. The summed E-state index contributed by atoms with van der Waals surface area (Å²) in [4.78, 5) is 14.3. The van der Waals surface area contributed by atoms with Crippen molar-refractivity contribution < 1.29 is 9.53 Å². The number of carbonyl (C=O) groups excluding carboxylic acids is 1. The lowest BCUT2D eigenvalue weighted by molar-refractivity contribution is -0.134. The van der Waals surface area contributed by atoms with Gasteiger partial charge in [-0.25, -0.2) is 0 Å². The zero-order chi connectivity index (χ0) is 16.5. The van der Waals surface area contributed by atoms with E-state index in [1.807, 2.05) is 48.3 Å². The van der Waals surface area contributed by atoms with Crippen molar-refractivity contribution in [2.45, 2.75) is 13.0 Å². The smallest absolute Gasteiger partial charge is 0.260 e. The highest BCUT2D eigenvalue weighted by Crippen LogP contribution is 2.24. The summed E-state index contributed by atoms with van der Waals surface area (Å²) in [6, 6.07) is 16.1. The van der Waals surface area contributed by atoms with Gasteiger partial charge in [-0.3, -0.25) is 9.48 Å². The zero-order valence-electron chi connectivity index (χ0n) is 13.6. The molecule has 1 aliphatic heterocycles. The first kappa shape index (κ1) is 14.8. The Balaban J connectivity index is 1.45. The van der Waals surface area contributed by atoms with Gasteiger partial charge in [0.15, 0.2) is 6.61 Å². The zero-order valence-corrected chi connectivity index (χ0v) is 13.6. The van der Waals surface area contributed by atoms with Crippen molar-refractivity contribution in [3.05, 3.63) is 59.7 Å². The number of hydrogen-bond donors (Lipinski definition) is 0. The average molecular weight is 321 g/mol. The third kappa shape index (κ3) is 2.62. The van der Waals surface area contributed by atoms with Crippen LogP contribution >= 0.6 is 0 Å². The van der Waals surface area contributed by atoms with Crippen molar-refractivity contribution in [2.24, 2.45) is 7.05 Å². The molecule has 24 heavy (non-hydrogen) atoms. The van der Waals surface area contributed by atoms with E-state index in [0.29, 0.717) is 12.4 Å². The monoisotopic (exact) mass is 321 g/mol. The fraction of sp³-hybridized carbons (Fsp3) is 0.263. The van der Waals surface area contributed by atoms with Gasteiger partial charge in [-0.15, -0.1) is 5.10 Å². The molecule has 1 aliphatic rings. The molecule has 0 radical (unpaired) electrons. The molecule has 4 rings (SSSR count). The first-order valence-corrected chi connectivity index (χ1v) is 8.11. The van der Waals surface area contributed by atoms with Crippen molar-refractivity contribution in [1.29, 1.82) is 0 Å². The Hall–Kier alpha value is -2.82. The van der Waals surface area contributed by atoms with Crippen molar-refractivity contribution in [2.75, 3.05) is 13.2 Å². The van der Waals surface area contributed by atoms with E-state index < -0.39 is 0 Å². The third-order valence-corrected chi connectivity index (χ3v) is 4.54. The molecule has 5 heteroatoms. The van der Waals surface area contributed by atoms with Gasteiger partial charge < -0.3 is 9.64 Å². The van der Waals surface area contributed by atoms with Gasteiger partial charge in [0, 0.05) is 20.1 Å². The summed E-state index contributed by atoms with van der Waals surface area (Å²) in [5.41, 5.74) is 3.55. The summed E-state index contributed by atoms with van der Waals surface area (Å²) in [5, 5.41) is 5.29. The van der Waals surface area contributed by atoms with E-state index in [-0.39, 0.29) is 12.5 Å². The molecule has 0 spiro atoms. The Kier molecular flexibility index (Phi) is 3.69. The first-order chi connectivity index (χ1) is 11.7. The Morgan fingerprint density at radius 2 is 1.88 bits per heavy atom. The number of hydrogen-bond acceptors (Lipinski definition) is 3. The van der Waals surface area contributed by atoms with E-state index in [2.05, 4.69) is 17.2 Å². The lowest BCUT2D eigenvalue weighted by Gasteiger charge is -2.28. The van der Waals surface area contributed by atoms with E-state index in [0.717, 1.165) is 23.9 Å². The minimum atomic E-state index is -0.000706. The molecule has 3 aromatic rings. The van der Waals surface area contributed by atoms with Crippen molar-refractivity contribution in [1.82, 2.24) is 14.7 Å².